The lowest BCUT2D eigenvalue weighted by Gasteiger charge is -2.41. The molecule has 1 N–H and O–H groups in total. The molecule has 0 aromatic carbocycles. The Morgan fingerprint density at radius 2 is 1.93 bits per heavy atom. The molecule has 0 radical (unpaired) electrons. The van der Waals surface area contributed by atoms with Crippen molar-refractivity contribution in [3.63, 3.8) is 0 Å². The Hall–Kier alpha value is -0.0800. The molecule has 0 heterocycles. The van der Waals surface area contributed by atoms with Crippen LogP contribution in [0.15, 0.2) is 0 Å². The molecule has 2 nitrogen and oxygen atoms in total. The first-order valence-electron chi connectivity index (χ1n) is 6.25. The van der Waals surface area contributed by atoms with Crippen LogP contribution in [0, 0.1) is 11.3 Å². The minimum atomic E-state index is 0.405. The molecule has 1 aliphatic carbocycles. The summed E-state index contributed by atoms with van der Waals surface area (Å²) in [6.45, 7) is 10.3. The minimum absolute atomic E-state index is 0.405. The molecule has 1 aliphatic rings. The van der Waals surface area contributed by atoms with Crippen LogP contribution < -0.4 is 5.32 Å². The van der Waals surface area contributed by atoms with E-state index in [2.05, 4.69) is 33.0 Å². The number of likely N-dealkylation sites (N-methyl/N-ethyl adjacent to an activating group) is 1. The van der Waals surface area contributed by atoms with Gasteiger partial charge in [-0.1, -0.05) is 27.7 Å². The third-order valence-electron chi connectivity index (χ3n) is 3.79. The van der Waals surface area contributed by atoms with Crippen LogP contribution in [0.3, 0.4) is 0 Å². The molecule has 2 heteroatoms. The number of rotatable bonds is 3. The molecule has 3 unspecified atom stereocenters. The van der Waals surface area contributed by atoms with Crippen molar-refractivity contribution in [3.8, 4) is 0 Å². The van der Waals surface area contributed by atoms with Crippen LogP contribution in [0.1, 0.15) is 47.0 Å². The molecule has 1 saturated carbocycles. The highest BCUT2D eigenvalue weighted by Gasteiger charge is 2.35. The highest BCUT2D eigenvalue weighted by atomic mass is 16.5. The first-order valence-corrected chi connectivity index (χ1v) is 6.25. The summed E-state index contributed by atoms with van der Waals surface area (Å²) in [5, 5.41) is 3.53. The Labute approximate surface area is 94.8 Å². The minimum Gasteiger partial charge on any atom is -0.380 e. The second-order valence-corrected chi connectivity index (χ2v) is 5.81. The van der Waals surface area contributed by atoms with E-state index in [1.54, 1.807) is 0 Å². The van der Waals surface area contributed by atoms with Crippen LogP contribution >= 0.6 is 0 Å². The molecular weight excluding hydrogens is 186 g/mol. The Balaban J connectivity index is 2.55. The zero-order valence-electron chi connectivity index (χ0n) is 11.0. The van der Waals surface area contributed by atoms with Crippen LogP contribution in [0.2, 0.25) is 0 Å². The summed E-state index contributed by atoms with van der Waals surface area (Å²) in [6.07, 6.45) is 4.20. The summed E-state index contributed by atoms with van der Waals surface area (Å²) in [5.74, 6) is 0.803. The number of hydrogen-bond acceptors (Lipinski definition) is 2. The fraction of sp³-hybridized carbons (Fsp3) is 1.00. The maximum Gasteiger partial charge on any atom is 0.0727 e. The lowest BCUT2D eigenvalue weighted by atomic mass is 9.70. The van der Waals surface area contributed by atoms with Crippen molar-refractivity contribution in [3.05, 3.63) is 0 Å². The van der Waals surface area contributed by atoms with E-state index in [-0.39, 0.29) is 0 Å². The predicted molar refractivity (Wildman–Crippen MR) is 65.1 cm³/mol. The maximum atomic E-state index is 5.62. The third kappa shape index (κ3) is 3.46. The number of methoxy groups -OCH3 is 1. The smallest absolute Gasteiger partial charge is 0.0727 e. The van der Waals surface area contributed by atoms with E-state index >= 15 is 0 Å². The van der Waals surface area contributed by atoms with E-state index in [0.29, 0.717) is 17.6 Å². The van der Waals surface area contributed by atoms with Crippen molar-refractivity contribution >= 4 is 0 Å². The number of hydrogen-bond donors (Lipinski definition) is 1. The maximum absolute atomic E-state index is 5.62. The van der Waals surface area contributed by atoms with E-state index in [0.717, 1.165) is 12.5 Å². The molecule has 0 saturated heterocycles. The van der Waals surface area contributed by atoms with Crippen LogP contribution in [0.4, 0.5) is 0 Å². The van der Waals surface area contributed by atoms with Crippen molar-refractivity contribution in [2.24, 2.45) is 11.3 Å². The van der Waals surface area contributed by atoms with Gasteiger partial charge in [0.05, 0.1) is 6.10 Å². The molecule has 1 rings (SSSR count). The fourth-order valence-corrected chi connectivity index (χ4v) is 2.67. The Bertz CT molecular complexity index is 185. The molecule has 0 spiro atoms. The van der Waals surface area contributed by atoms with E-state index in [9.17, 15) is 0 Å². The van der Waals surface area contributed by atoms with E-state index in [1.165, 1.54) is 19.3 Å². The Morgan fingerprint density at radius 1 is 1.27 bits per heavy atom. The van der Waals surface area contributed by atoms with Gasteiger partial charge in [-0.15, -0.1) is 0 Å². The van der Waals surface area contributed by atoms with Gasteiger partial charge < -0.3 is 10.1 Å². The molecule has 0 amide bonds. The van der Waals surface area contributed by atoms with Crippen LogP contribution in [0.5, 0.6) is 0 Å². The van der Waals surface area contributed by atoms with Gasteiger partial charge in [-0.2, -0.15) is 0 Å². The molecule has 1 fully saturated rings. The molecule has 15 heavy (non-hydrogen) atoms. The molecule has 0 bridgehead atoms. The SMILES string of the molecule is CCNC1CCC(C(C)(C)C)CC1OC. The molecular formula is C13H27NO. The van der Waals surface area contributed by atoms with Gasteiger partial charge in [0.1, 0.15) is 0 Å². The van der Waals surface area contributed by atoms with Crippen LogP contribution in [0.25, 0.3) is 0 Å². The van der Waals surface area contributed by atoms with Crippen molar-refractivity contribution < 1.29 is 4.74 Å². The summed E-state index contributed by atoms with van der Waals surface area (Å²) < 4.78 is 5.62. The second kappa shape index (κ2) is 5.31. The summed E-state index contributed by atoms with van der Waals surface area (Å²) in [6, 6.07) is 0.568. The van der Waals surface area contributed by atoms with E-state index in [1.807, 2.05) is 7.11 Å². The number of ether oxygens (including phenoxy) is 1. The standard InChI is InChI=1S/C13H27NO/c1-6-14-11-8-7-10(13(2,3)4)9-12(11)15-5/h10-12,14H,6-9H2,1-5H3. The topological polar surface area (TPSA) is 21.3 Å². The van der Waals surface area contributed by atoms with Gasteiger partial charge in [-0.3, -0.25) is 0 Å². The van der Waals surface area contributed by atoms with Gasteiger partial charge in [0.25, 0.3) is 0 Å². The molecule has 3 atom stereocenters. The largest absolute Gasteiger partial charge is 0.380 e. The average molecular weight is 213 g/mol. The zero-order chi connectivity index (χ0) is 11.5. The van der Waals surface area contributed by atoms with Gasteiger partial charge in [-0.05, 0) is 37.1 Å². The second-order valence-electron chi connectivity index (χ2n) is 5.81. The van der Waals surface area contributed by atoms with Crippen LogP contribution in [-0.4, -0.2) is 25.8 Å². The molecule has 0 aromatic heterocycles. The van der Waals surface area contributed by atoms with Gasteiger partial charge in [0.15, 0.2) is 0 Å². The van der Waals surface area contributed by atoms with E-state index in [4.69, 9.17) is 4.74 Å². The summed E-state index contributed by atoms with van der Waals surface area (Å²) >= 11 is 0. The normalized spacial score (nSPS) is 33.0. The van der Waals surface area contributed by atoms with Crippen molar-refractivity contribution in [1.29, 1.82) is 0 Å². The lowest BCUT2D eigenvalue weighted by Crippen LogP contribution is -2.47. The summed E-state index contributed by atoms with van der Waals surface area (Å²) in [4.78, 5) is 0. The van der Waals surface area contributed by atoms with E-state index < -0.39 is 0 Å². The zero-order valence-corrected chi connectivity index (χ0v) is 11.0. The van der Waals surface area contributed by atoms with Gasteiger partial charge in [0, 0.05) is 13.2 Å². The lowest BCUT2D eigenvalue weighted by molar-refractivity contribution is -0.000563. The highest BCUT2D eigenvalue weighted by molar-refractivity contribution is 4.89. The quantitative estimate of drug-likeness (QED) is 0.778. The fourth-order valence-electron chi connectivity index (χ4n) is 2.67. The van der Waals surface area contributed by atoms with Gasteiger partial charge in [0.2, 0.25) is 0 Å². The molecule has 0 aromatic rings. The molecule has 0 aliphatic heterocycles. The van der Waals surface area contributed by atoms with Crippen LogP contribution in [-0.2, 0) is 4.74 Å². The first-order chi connectivity index (χ1) is 6.99. The summed E-state index contributed by atoms with van der Waals surface area (Å²) in [5.41, 5.74) is 0.425. The Kier molecular flexibility index (Phi) is 4.60. The first kappa shape index (κ1) is 13.0. The monoisotopic (exact) mass is 213 g/mol. The number of nitrogens with one attached hydrogen (secondary N) is 1. The van der Waals surface area contributed by atoms with Crippen molar-refractivity contribution in [1.82, 2.24) is 5.32 Å². The Morgan fingerprint density at radius 3 is 2.40 bits per heavy atom. The molecule has 90 valence electrons. The highest BCUT2D eigenvalue weighted by Crippen LogP contribution is 2.38. The van der Waals surface area contributed by atoms with Gasteiger partial charge in [-0.25, -0.2) is 0 Å². The van der Waals surface area contributed by atoms with Crippen molar-refractivity contribution in [2.45, 2.75) is 59.1 Å². The predicted octanol–water partition coefficient (Wildman–Crippen LogP) is 2.83. The summed E-state index contributed by atoms with van der Waals surface area (Å²) in [7, 11) is 1.85. The van der Waals surface area contributed by atoms with Gasteiger partial charge >= 0.3 is 0 Å². The third-order valence-corrected chi connectivity index (χ3v) is 3.79. The average Bonchev–Trinajstić information content (AvgIpc) is 2.17. The van der Waals surface area contributed by atoms with Crippen molar-refractivity contribution in [2.75, 3.05) is 13.7 Å².